The Morgan fingerprint density at radius 3 is 3.06 bits per heavy atom. The summed E-state index contributed by atoms with van der Waals surface area (Å²) in [4.78, 5) is 16.6. The topological polar surface area (TPSA) is 54.0 Å². The molecule has 1 aromatic heterocycles. The van der Waals surface area contributed by atoms with Crippen LogP contribution >= 0.6 is 11.3 Å². The molecule has 1 aliphatic heterocycles. The van der Waals surface area contributed by atoms with Gasteiger partial charge in [-0.2, -0.15) is 0 Å². The minimum atomic E-state index is -0.220. The van der Waals surface area contributed by atoms with Crippen molar-refractivity contribution in [2.45, 2.75) is 26.7 Å². The van der Waals surface area contributed by atoms with Crippen molar-refractivity contribution in [3.05, 3.63) is 16.6 Å². The lowest BCUT2D eigenvalue weighted by molar-refractivity contribution is -0.132. The molecular formula is C13H21N3OS. The van der Waals surface area contributed by atoms with Crippen LogP contribution < -0.4 is 10.6 Å². The average molecular weight is 267 g/mol. The number of carbonyl (C=O) groups is 1. The molecule has 1 saturated heterocycles. The summed E-state index contributed by atoms with van der Waals surface area (Å²) in [7, 11) is 0. The van der Waals surface area contributed by atoms with Crippen LogP contribution in [0.5, 0.6) is 0 Å². The first kappa shape index (κ1) is 13.5. The zero-order valence-electron chi connectivity index (χ0n) is 11.0. The summed E-state index contributed by atoms with van der Waals surface area (Å²) in [5, 5.41) is 8.41. The predicted molar refractivity (Wildman–Crippen MR) is 73.6 cm³/mol. The molecule has 2 N–H and O–H groups in total. The maximum Gasteiger partial charge on any atom is 0.227 e. The molecular weight excluding hydrogens is 246 g/mol. The second-order valence-corrected chi connectivity index (χ2v) is 5.94. The highest BCUT2D eigenvalue weighted by Crippen LogP contribution is 2.34. The number of amides is 1. The van der Waals surface area contributed by atoms with Crippen LogP contribution in [-0.4, -0.2) is 30.5 Å². The van der Waals surface area contributed by atoms with E-state index in [1.165, 1.54) is 0 Å². The van der Waals surface area contributed by atoms with Crippen LogP contribution in [0.2, 0.25) is 0 Å². The van der Waals surface area contributed by atoms with Crippen molar-refractivity contribution in [1.29, 1.82) is 0 Å². The molecule has 0 bridgehead atoms. The van der Waals surface area contributed by atoms with E-state index in [0.29, 0.717) is 12.5 Å². The number of hydrogen-bond acceptors (Lipinski definition) is 4. The van der Waals surface area contributed by atoms with E-state index in [-0.39, 0.29) is 11.3 Å². The quantitative estimate of drug-likeness (QED) is 0.849. The Morgan fingerprint density at radius 2 is 2.50 bits per heavy atom. The highest BCUT2D eigenvalue weighted by molar-refractivity contribution is 7.07. The number of carbonyl (C=O) groups excluding carboxylic acids is 1. The van der Waals surface area contributed by atoms with Crippen molar-refractivity contribution >= 4 is 17.2 Å². The zero-order valence-corrected chi connectivity index (χ0v) is 11.8. The highest BCUT2D eigenvalue weighted by atomic mass is 32.1. The van der Waals surface area contributed by atoms with E-state index in [1.54, 1.807) is 11.3 Å². The van der Waals surface area contributed by atoms with Gasteiger partial charge < -0.3 is 10.6 Å². The van der Waals surface area contributed by atoms with Crippen molar-refractivity contribution < 1.29 is 4.79 Å². The van der Waals surface area contributed by atoms with Gasteiger partial charge in [0.2, 0.25) is 5.91 Å². The van der Waals surface area contributed by atoms with E-state index < -0.39 is 0 Å². The summed E-state index contributed by atoms with van der Waals surface area (Å²) in [6.07, 6.45) is 1.75. The molecule has 100 valence electrons. The molecule has 1 unspecified atom stereocenters. The van der Waals surface area contributed by atoms with E-state index in [0.717, 1.165) is 31.6 Å². The molecule has 1 aromatic rings. The van der Waals surface area contributed by atoms with Crippen molar-refractivity contribution in [3.63, 3.8) is 0 Å². The van der Waals surface area contributed by atoms with Crippen molar-refractivity contribution in [1.82, 2.24) is 15.6 Å². The largest absolute Gasteiger partial charge is 0.355 e. The van der Waals surface area contributed by atoms with Crippen LogP contribution in [0.1, 0.15) is 26.0 Å². The second-order valence-electron chi connectivity index (χ2n) is 5.22. The van der Waals surface area contributed by atoms with Gasteiger partial charge in [-0.1, -0.05) is 13.8 Å². The van der Waals surface area contributed by atoms with Gasteiger partial charge in [0.15, 0.2) is 0 Å². The Hall–Kier alpha value is -0.940. The summed E-state index contributed by atoms with van der Waals surface area (Å²) >= 11 is 1.59. The van der Waals surface area contributed by atoms with E-state index >= 15 is 0 Å². The summed E-state index contributed by atoms with van der Waals surface area (Å²) < 4.78 is 0. The summed E-state index contributed by atoms with van der Waals surface area (Å²) in [6, 6.07) is 0. The van der Waals surface area contributed by atoms with Crippen LogP contribution in [0.25, 0.3) is 0 Å². The van der Waals surface area contributed by atoms with E-state index in [9.17, 15) is 4.79 Å². The SMILES string of the molecule is CC(C)C1(C(=O)NCCc2cscn2)CCNC1. The third kappa shape index (κ3) is 2.72. The van der Waals surface area contributed by atoms with Gasteiger partial charge in [0, 0.05) is 24.9 Å². The summed E-state index contributed by atoms with van der Waals surface area (Å²) in [5.74, 6) is 0.560. The first-order valence-corrected chi connectivity index (χ1v) is 7.45. The number of rotatable bonds is 5. The molecule has 18 heavy (non-hydrogen) atoms. The van der Waals surface area contributed by atoms with Crippen molar-refractivity contribution in [2.24, 2.45) is 11.3 Å². The van der Waals surface area contributed by atoms with Gasteiger partial charge in [0.05, 0.1) is 16.6 Å². The smallest absolute Gasteiger partial charge is 0.227 e. The Balaban J connectivity index is 1.86. The van der Waals surface area contributed by atoms with Gasteiger partial charge in [-0.05, 0) is 18.9 Å². The van der Waals surface area contributed by atoms with Crippen LogP contribution in [-0.2, 0) is 11.2 Å². The van der Waals surface area contributed by atoms with Gasteiger partial charge in [0.1, 0.15) is 0 Å². The number of thiazole rings is 1. The fourth-order valence-corrected chi connectivity index (χ4v) is 3.09. The minimum Gasteiger partial charge on any atom is -0.355 e. The molecule has 2 heterocycles. The minimum absolute atomic E-state index is 0.192. The zero-order chi connectivity index (χ0) is 13.0. The van der Waals surface area contributed by atoms with Gasteiger partial charge >= 0.3 is 0 Å². The highest BCUT2D eigenvalue weighted by Gasteiger charge is 2.43. The first-order valence-electron chi connectivity index (χ1n) is 6.51. The fourth-order valence-electron chi connectivity index (χ4n) is 2.50. The monoisotopic (exact) mass is 267 g/mol. The molecule has 1 aliphatic rings. The number of nitrogens with one attached hydrogen (secondary N) is 2. The molecule has 5 heteroatoms. The maximum absolute atomic E-state index is 12.4. The molecule has 1 fully saturated rings. The van der Waals surface area contributed by atoms with E-state index in [2.05, 4.69) is 29.5 Å². The van der Waals surface area contributed by atoms with Crippen LogP contribution in [0, 0.1) is 11.3 Å². The molecule has 2 rings (SSSR count). The third-order valence-electron chi connectivity index (χ3n) is 3.90. The molecule has 0 aromatic carbocycles. The van der Waals surface area contributed by atoms with Crippen molar-refractivity contribution in [3.8, 4) is 0 Å². The van der Waals surface area contributed by atoms with Gasteiger partial charge in [-0.15, -0.1) is 11.3 Å². The lowest BCUT2D eigenvalue weighted by atomic mass is 9.75. The summed E-state index contributed by atoms with van der Waals surface area (Å²) in [6.45, 7) is 6.68. The maximum atomic E-state index is 12.4. The number of aromatic nitrogens is 1. The molecule has 4 nitrogen and oxygen atoms in total. The Labute approximate surface area is 112 Å². The summed E-state index contributed by atoms with van der Waals surface area (Å²) in [5.41, 5.74) is 2.67. The van der Waals surface area contributed by atoms with E-state index in [1.807, 2.05) is 10.9 Å². The second kappa shape index (κ2) is 5.80. The van der Waals surface area contributed by atoms with Gasteiger partial charge in [-0.3, -0.25) is 4.79 Å². The lowest BCUT2D eigenvalue weighted by Gasteiger charge is -2.31. The van der Waals surface area contributed by atoms with Gasteiger partial charge in [-0.25, -0.2) is 4.98 Å². The standard InChI is InChI=1S/C13H21N3OS/c1-10(2)13(4-6-14-8-13)12(17)15-5-3-11-7-18-9-16-11/h7,9-10,14H,3-6,8H2,1-2H3,(H,15,17). The Morgan fingerprint density at radius 1 is 1.67 bits per heavy atom. The predicted octanol–water partition coefficient (Wildman–Crippen LogP) is 1.44. The molecule has 0 aliphatic carbocycles. The molecule has 0 spiro atoms. The molecule has 1 atom stereocenters. The number of hydrogen-bond donors (Lipinski definition) is 2. The van der Waals surface area contributed by atoms with Crippen LogP contribution in [0.4, 0.5) is 0 Å². The first-order chi connectivity index (χ1) is 8.65. The van der Waals surface area contributed by atoms with Crippen molar-refractivity contribution in [2.75, 3.05) is 19.6 Å². The van der Waals surface area contributed by atoms with E-state index in [4.69, 9.17) is 0 Å². The Kier molecular flexibility index (Phi) is 4.35. The van der Waals surface area contributed by atoms with Crippen LogP contribution in [0.3, 0.4) is 0 Å². The Bertz CT molecular complexity index is 383. The lowest BCUT2D eigenvalue weighted by Crippen LogP contribution is -2.46. The average Bonchev–Trinajstić information content (AvgIpc) is 3.00. The molecule has 1 amide bonds. The number of nitrogens with zero attached hydrogens (tertiary/aromatic N) is 1. The molecule has 0 saturated carbocycles. The third-order valence-corrected chi connectivity index (χ3v) is 4.53. The van der Waals surface area contributed by atoms with Gasteiger partial charge in [0.25, 0.3) is 0 Å². The normalized spacial score (nSPS) is 23.5. The fraction of sp³-hybridized carbons (Fsp3) is 0.692. The van der Waals surface area contributed by atoms with Crippen LogP contribution in [0.15, 0.2) is 10.9 Å². The molecule has 0 radical (unpaired) electrons.